The van der Waals surface area contributed by atoms with Gasteiger partial charge in [-0.05, 0) is 82.5 Å². The van der Waals surface area contributed by atoms with E-state index in [1.54, 1.807) is 0 Å². The van der Waals surface area contributed by atoms with E-state index < -0.39 is 0 Å². The van der Waals surface area contributed by atoms with E-state index in [9.17, 15) is 0 Å². The molecule has 0 saturated heterocycles. The number of nitrogens with zero attached hydrogens (tertiary/aromatic N) is 4. The Morgan fingerprint density at radius 1 is 0.774 bits per heavy atom. The van der Waals surface area contributed by atoms with Crippen LogP contribution < -0.4 is 4.74 Å². The topological polar surface area (TPSA) is 44.9 Å². The molecule has 7 rings (SSSR count). The maximum atomic E-state index is 6.57. The third-order valence-corrected chi connectivity index (χ3v) is 9.87. The van der Waals surface area contributed by atoms with Gasteiger partial charge in [0.25, 0.3) is 0 Å². The second-order valence-corrected chi connectivity index (χ2v) is 15.8. The van der Waals surface area contributed by atoms with E-state index in [1.165, 1.54) is 27.9 Å². The number of pyridine rings is 1. The largest absolute Gasteiger partial charge is 2.00 e. The molecule has 0 spiro atoms. The minimum absolute atomic E-state index is 0. The van der Waals surface area contributed by atoms with Gasteiger partial charge in [0, 0.05) is 34.5 Å². The van der Waals surface area contributed by atoms with Crippen molar-refractivity contribution in [3.63, 3.8) is 0 Å². The molecule has 0 bridgehead atoms. The number of hydrogen-bond acceptors (Lipinski definition) is 3. The maximum absolute atomic E-state index is 6.57. The summed E-state index contributed by atoms with van der Waals surface area (Å²) >= 11 is 0. The SMILES string of the molecule is CCCc1ccc(-c2c(C(C)C)nn(-c3[c-]c(Oc4[c-]c5c(cc4)c4ccccc4n5-c4cc(C(C)C)ccn4)ccc3)c2CCC(C)(C)C)cc1.[Pt+2]. The molecule has 0 aliphatic carbocycles. The van der Waals surface area contributed by atoms with Crippen LogP contribution in [-0.2, 0) is 33.9 Å². The minimum atomic E-state index is 0. The van der Waals surface area contributed by atoms with Gasteiger partial charge < -0.3 is 9.30 Å². The average Bonchev–Trinajstić information content (AvgIpc) is 3.67. The van der Waals surface area contributed by atoms with Crippen LogP contribution >= 0.6 is 0 Å². The van der Waals surface area contributed by atoms with E-state index in [1.807, 2.05) is 24.4 Å². The van der Waals surface area contributed by atoms with Crippen LogP contribution in [0.1, 0.15) is 103 Å². The van der Waals surface area contributed by atoms with Crippen molar-refractivity contribution in [2.24, 2.45) is 5.41 Å². The quantitative estimate of drug-likeness (QED) is 0.122. The molecule has 0 N–H and O–H groups in total. The van der Waals surface area contributed by atoms with Gasteiger partial charge >= 0.3 is 21.1 Å². The fourth-order valence-corrected chi connectivity index (χ4v) is 7.07. The van der Waals surface area contributed by atoms with Crippen molar-refractivity contribution in [3.8, 4) is 34.1 Å². The van der Waals surface area contributed by atoms with Crippen molar-refractivity contribution >= 4 is 21.8 Å². The van der Waals surface area contributed by atoms with Gasteiger partial charge in [0.2, 0.25) is 0 Å². The van der Waals surface area contributed by atoms with Gasteiger partial charge in [-0.25, -0.2) is 4.98 Å². The Kier molecular flexibility index (Phi) is 11.5. The summed E-state index contributed by atoms with van der Waals surface area (Å²) in [6.45, 7) is 18.0. The number of rotatable bonds is 11. The van der Waals surface area contributed by atoms with Crippen molar-refractivity contribution in [2.45, 2.75) is 92.9 Å². The van der Waals surface area contributed by atoms with Crippen LogP contribution in [0.15, 0.2) is 97.2 Å². The summed E-state index contributed by atoms with van der Waals surface area (Å²) in [5, 5.41) is 7.57. The fourth-order valence-electron chi connectivity index (χ4n) is 7.07. The Hall–Kier alpha value is -4.47. The van der Waals surface area contributed by atoms with Crippen LogP contribution in [0.2, 0.25) is 0 Å². The van der Waals surface area contributed by atoms with Crippen LogP contribution in [0.25, 0.3) is 44.4 Å². The van der Waals surface area contributed by atoms with E-state index in [2.05, 4.69) is 150 Å². The van der Waals surface area contributed by atoms with E-state index in [-0.39, 0.29) is 32.4 Å². The van der Waals surface area contributed by atoms with E-state index >= 15 is 0 Å². The molecule has 6 heteroatoms. The number of aryl methyl sites for hydroxylation is 1. The van der Waals surface area contributed by atoms with Crippen LogP contribution in [-0.4, -0.2) is 19.3 Å². The van der Waals surface area contributed by atoms with E-state index in [0.29, 0.717) is 17.4 Å². The van der Waals surface area contributed by atoms with Crippen molar-refractivity contribution in [2.75, 3.05) is 0 Å². The maximum Gasteiger partial charge on any atom is 2.00 e. The Labute approximate surface area is 329 Å². The number of para-hydroxylation sites is 1. The molecule has 0 amide bonds. The third kappa shape index (κ3) is 8.06. The molecule has 3 aromatic heterocycles. The molecular weight excluding hydrogens is 832 g/mol. The summed E-state index contributed by atoms with van der Waals surface area (Å²) in [4.78, 5) is 4.80. The molecule has 0 atom stereocenters. The summed E-state index contributed by atoms with van der Waals surface area (Å²) in [5.41, 5.74) is 10.4. The first-order valence-corrected chi connectivity index (χ1v) is 18.8. The van der Waals surface area contributed by atoms with Gasteiger partial charge in [-0.15, -0.1) is 35.7 Å². The zero-order chi connectivity index (χ0) is 36.6. The fraction of sp³-hybridized carbons (Fsp3) is 0.319. The predicted octanol–water partition coefficient (Wildman–Crippen LogP) is 12.6. The molecule has 0 saturated carbocycles. The van der Waals surface area contributed by atoms with Crippen LogP contribution in [0.5, 0.6) is 11.5 Å². The van der Waals surface area contributed by atoms with Crippen LogP contribution in [0.3, 0.4) is 0 Å². The van der Waals surface area contributed by atoms with Gasteiger partial charge in [-0.3, -0.25) is 4.68 Å². The summed E-state index contributed by atoms with van der Waals surface area (Å²) in [6, 6.07) is 39.2. The standard InChI is InChI=1S/C47H50N4O.Pt/c1-9-13-33-18-20-34(21-19-33)45-42(24-26-47(6,7)8)51(49-46(45)32(4)5)36-14-12-15-37(29-36)52-38-22-23-40-39-16-10-11-17-41(39)50(43(40)30-38)44-28-35(31(2)3)25-27-48-44;/h10-12,14-23,25,27-28,31-32H,9,13,24,26H2,1-8H3;/q-2;+2. The van der Waals surface area contributed by atoms with Gasteiger partial charge in [0.15, 0.2) is 0 Å². The van der Waals surface area contributed by atoms with Crippen molar-refractivity contribution in [1.82, 2.24) is 19.3 Å². The molecule has 7 aromatic rings. The van der Waals surface area contributed by atoms with Gasteiger partial charge in [0.05, 0.1) is 5.69 Å². The van der Waals surface area contributed by atoms with Crippen molar-refractivity contribution < 1.29 is 25.8 Å². The Morgan fingerprint density at radius 2 is 1.53 bits per heavy atom. The molecule has 53 heavy (non-hydrogen) atoms. The predicted molar refractivity (Wildman–Crippen MR) is 215 cm³/mol. The first-order chi connectivity index (χ1) is 25.0. The van der Waals surface area contributed by atoms with Crippen molar-refractivity contribution in [3.05, 3.63) is 132 Å². The molecule has 274 valence electrons. The van der Waals surface area contributed by atoms with Gasteiger partial charge in [-0.2, -0.15) is 17.2 Å². The monoisotopic (exact) mass is 881 g/mol. The second kappa shape index (κ2) is 15.9. The summed E-state index contributed by atoms with van der Waals surface area (Å²) in [5.74, 6) is 2.75. The summed E-state index contributed by atoms with van der Waals surface area (Å²) in [7, 11) is 0. The second-order valence-electron chi connectivity index (χ2n) is 15.8. The molecular formula is C47H50N4OPt. The average molecular weight is 882 g/mol. The third-order valence-electron chi connectivity index (χ3n) is 9.87. The number of hydrogen-bond donors (Lipinski definition) is 0. The molecule has 0 aliphatic rings. The zero-order valence-corrected chi connectivity index (χ0v) is 34.5. The van der Waals surface area contributed by atoms with Crippen molar-refractivity contribution in [1.29, 1.82) is 0 Å². The number of ether oxygens (including phenoxy) is 1. The summed E-state index contributed by atoms with van der Waals surface area (Å²) < 4.78 is 10.9. The molecule has 0 radical (unpaired) electrons. The smallest absolute Gasteiger partial charge is 0.509 e. The van der Waals surface area contributed by atoms with E-state index in [0.717, 1.165) is 64.7 Å². The molecule has 5 nitrogen and oxygen atoms in total. The molecule has 3 heterocycles. The molecule has 0 aliphatic heterocycles. The normalized spacial score (nSPS) is 11.9. The Morgan fingerprint density at radius 3 is 2.25 bits per heavy atom. The first-order valence-electron chi connectivity index (χ1n) is 18.8. The number of benzene rings is 4. The van der Waals surface area contributed by atoms with E-state index in [4.69, 9.17) is 14.8 Å². The Bertz CT molecular complexity index is 2340. The first kappa shape index (κ1) is 38.3. The summed E-state index contributed by atoms with van der Waals surface area (Å²) in [6.07, 6.45) is 6.05. The molecule has 0 unspecified atom stereocenters. The van der Waals surface area contributed by atoms with Gasteiger partial charge in [-0.1, -0.05) is 110 Å². The van der Waals surface area contributed by atoms with Crippen LogP contribution in [0.4, 0.5) is 0 Å². The Balaban J connectivity index is 0.00000481. The number of aromatic nitrogens is 4. The minimum Gasteiger partial charge on any atom is -0.509 e. The molecule has 4 aromatic carbocycles. The van der Waals surface area contributed by atoms with Gasteiger partial charge in [0.1, 0.15) is 5.82 Å². The number of fused-ring (bicyclic) bond motifs is 3. The molecule has 0 fully saturated rings. The van der Waals surface area contributed by atoms with Crippen LogP contribution in [0, 0.1) is 17.5 Å². The zero-order valence-electron chi connectivity index (χ0n) is 32.2.